The van der Waals surface area contributed by atoms with Gasteiger partial charge in [0.05, 0.1) is 5.69 Å². The molecule has 0 unspecified atom stereocenters. The van der Waals surface area contributed by atoms with Crippen molar-refractivity contribution in [3.63, 3.8) is 0 Å². The summed E-state index contributed by atoms with van der Waals surface area (Å²) in [6.45, 7) is 7.74. The highest BCUT2D eigenvalue weighted by atomic mass is 32.1. The molecule has 2 heterocycles. The van der Waals surface area contributed by atoms with Crippen LogP contribution in [0.4, 0.5) is 21.3 Å². The number of thiazole rings is 1. The summed E-state index contributed by atoms with van der Waals surface area (Å²) in [5.74, 6) is -0.227. The zero-order chi connectivity index (χ0) is 26.4. The van der Waals surface area contributed by atoms with Gasteiger partial charge in [0, 0.05) is 46.8 Å². The fourth-order valence-corrected chi connectivity index (χ4v) is 4.13. The number of hydrogen-bond donors (Lipinski definition) is 3. The maximum absolute atomic E-state index is 12.8. The van der Waals surface area contributed by atoms with Gasteiger partial charge in [0.2, 0.25) is 0 Å². The fraction of sp³-hybridized carbons (Fsp3) is 0.214. The van der Waals surface area contributed by atoms with Crippen LogP contribution < -0.4 is 16.0 Å². The highest BCUT2D eigenvalue weighted by Gasteiger charge is 2.16. The summed E-state index contributed by atoms with van der Waals surface area (Å²) in [5, 5.41) is 11.7. The summed E-state index contributed by atoms with van der Waals surface area (Å²) < 4.78 is 5.24. The molecule has 9 heteroatoms. The van der Waals surface area contributed by atoms with Gasteiger partial charge in [-0.25, -0.2) is 9.78 Å². The standard InChI is InChI=1S/C28H29N5O3S/c1-18-7-12-22(14-23(18)32-26-33-24(17-37-26)21-6-5-13-29-16-21)31-25(34)20-10-8-19(9-11-20)15-30-27(35)36-28(2,3)4/h5-14,16-17H,15H2,1-4H3,(H,30,35)(H,31,34)(H,32,33). The third kappa shape index (κ3) is 7.37. The van der Waals surface area contributed by atoms with Gasteiger partial charge in [-0.2, -0.15) is 0 Å². The minimum atomic E-state index is -0.555. The maximum Gasteiger partial charge on any atom is 0.407 e. The number of pyridine rings is 1. The number of hydrogen-bond acceptors (Lipinski definition) is 7. The zero-order valence-corrected chi connectivity index (χ0v) is 22.0. The Balaban J connectivity index is 1.37. The molecule has 2 aromatic heterocycles. The first-order chi connectivity index (χ1) is 17.7. The number of amides is 2. The summed E-state index contributed by atoms with van der Waals surface area (Å²) in [5.41, 5.74) is 5.17. The normalized spacial score (nSPS) is 11.0. The van der Waals surface area contributed by atoms with E-state index < -0.39 is 11.7 Å². The quantitative estimate of drug-likeness (QED) is 0.258. The number of aryl methyl sites for hydroxylation is 1. The van der Waals surface area contributed by atoms with Gasteiger partial charge >= 0.3 is 6.09 Å². The van der Waals surface area contributed by atoms with E-state index in [0.717, 1.165) is 33.2 Å². The molecule has 2 amide bonds. The SMILES string of the molecule is Cc1ccc(NC(=O)c2ccc(CNC(=O)OC(C)(C)C)cc2)cc1Nc1nc(-c2cccnc2)cs1. The highest BCUT2D eigenvalue weighted by molar-refractivity contribution is 7.14. The van der Waals surface area contributed by atoms with E-state index in [1.807, 2.05) is 63.4 Å². The molecule has 37 heavy (non-hydrogen) atoms. The van der Waals surface area contributed by atoms with Gasteiger partial charge in [-0.1, -0.05) is 18.2 Å². The van der Waals surface area contributed by atoms with Crippen molar-refractivity contribution in [2.75, 3.05) is 10.6 Å². The molecule has 0 aliphatic rings. The van der Waals surface area contributed by atoms with Crippen LogP contribution in [0.15, 0.2) is 72.4 Å². The van der Waals surface area contributed by atoms with Crippen LogP contribution in [0.3, 0.4) is 0 Å². The van der Waals surface area contributed by atoms with Gasteiger partial charge < -0.3 is 20.7 Å². The lowest BCUT2D eigenvalue weighted by Crippen LogP contribution is -2.32. The monoisotopic (exact) mass is 515 g/mol. The molecule has 2 aromatic carbocycles. The number of nitrogens with one attached hydrogen (secondary N) is 3. The molecule has 190 valence electrons. The number of alkyl carbamates (subject to hydrolysis) is 1. The smallest absolute Gasteiger partial charge is 0.407 e. The number of anilines is 3. The van der Waals surface area contributed by atoms with Crippen LogP contribution in [-0.4, -0.2) is 27.6 Å². The van der Waals surface area contributed by atoms with E-state index in [9.17, 15) is 9.59 Å². The minimum absolute atomic E-state index is 0.227. The molecule has 0 aliphatic carbocycles. The van der Waals surface area contributed by atoms with E-state index in [4.69, 9.17) is 4.74 Å². The minimum Gasteiger partial charge on any atom is -0.444 e. The molecule has 4 aromatic rings. The molecule has 0 atom stereocenters. The second-order valence-corrected chi connectivity index (χ2v) is 10.3. The number of aromatic nitrogens is 2. The predicted molar refractivity (Wildman–Crippen MR) is 147 cm³/mol. The third-order valence-electron chi connectivity index (χ3n) is 5.25. The van der Waals surface area contributed by atoms with Gasteiger partial charge in [0.15, 0.2) is 5.13 Å². The van der Waals surface area contributed by atoms with Gasteiger partial charge in [0.1, 0.15) is 5.60 Å². The van der Waals surface area contributed by atoms with E-state index in [2.05, 4.69) is 25.9 Å². The first kappa shape index (κ1) is 25.8. The Morgan fingerprint density at radius 1 is 1.05 bits per heavy atom. The van der Waals surface area contributed by atoms with Crippen molar-refractivity contribution in [2.45, 2.75) is 39.8 Å². The third-order valence-corrected chi connectivity index (χ3v) is 6.01. The molecule has 0 fully saturated rings. The number of ether oxygens (including phenoxy) is 1. The average molecular weight is 516 g/mol. The largest absolute Gasteiger partial charge is 0.444 e. The van der Waals surface area contributed by atoms with Crippen LogP contribution in [0.25, 0.3) is 11.3 Å². The number of nitrogens with zero attached hydrogens (tertiary/aromatic N) is 2. The summed E-state index contributed by atoms with van der Waals surface area (Å²) in [6.07, 6.45) is 3.03. The van der Waals surface area contributed by atoms with Crippen molar-refractivity contribution >= 4 is 39.8 Å². The Morgan fingerprint density at radius 2 is 1.84 bits per heavy atom. The van der Waals surface area contributed by atoms with Crippen molar-refractivity contribution in [1.82, 2.24) is 15.3 Å². The maximum atomic E-state index is 12.8. The number of carbonyl (C=O) groups is 2. The second kappa shape index (κ2) is 11.2. The van der Waals surface area contributed by atoms with Crippen LogP contribution >= 0.6 is 11.3 Å². The summed E-state index contributed by atoms with van der Waals surface area (Å²) >= 11 is 1.50. The van der Waals surface area contributed by atoms with Crippen LogP contribution in [0.2, 0.25) is 0 Å². The van der Waals surface area contributed by atoms with Crippen molar-refractivity contribution in [1.29, 1.82) is 0 Å². The van der Waals surface area contributed by atoms with E-state index in [0.29, 0.717) is 17.8 Å². The average Bonchev–Trinajstić information content (AvgIpc) is 3.33. The fourth-order valence-electron chi connectivity index (χ4n) is 3.39. The Kier molecular flexibility index (Phi) is 7.83. The van der Waals surface area contributed by atoms with Crippen LogP contribution in [0.1, 0.15) is 42.3 Å². The first-order valence-corrected chi connectivity index (χ1v) is 12.6. The van der Waals surface area contributed by atoms with Crippen molar-refractivity contribution in [3.05, 3.63) is 89.1 Å². The number of benzene rings is 2. The van der Waals surface area contributed by atoms with Crippen LogP contribution in [-0.2, 0) is 11.3 Å². The molecular weight excluding hydrogens is 486 g/mol. The van der Waals surface area contributed by atoms with Gasteiger partial charge in [-0.15, -0.1) is 11.3 Å². The van der Waals surface area contributed by atoms with E-state index >= 15 is 0 Å². The molecule has 0 saturated carbocycles. The first-order valence-electron chi connectivity index (χ1n) is 11.8. The van der Waals surface area contributed by atoms with Gasteiger partial charge in [0.25, 0.3) is 5.91 Å². The lowest BCUT2D eigenvalue weighted by Gasteiger charge is -2.19. The Morgan fingerprint density at radius 3 is 2.54 bits per heavy atom. The van der Waals surface area contributed by atoms with Crippen LogP contribution in [0.5, 0.6) is 0 Å². The molecule has 0 aliphatic heterocycles. The highest BCUT2D eigenvalue weighted by Crippen LogP contribution is 2.29. The topological polar surface area (TPSA) is 105 Å². The number of carbonyl (C=O) groups excluding carboxylic acids is 2. The summed E-state index contributed by atoms with van der Waals surface area (Å²) in [6, 6.07) is 16.6. The van der Waals surface area contributed by atoms with Gasteiger partial charge in [-0.05, 0) is 75.2 Å². The Bertz CT molecular complexity index is 1380. The van der Waals surface area contributed by atoms with Crippen LogP contribution in [0, 0.1) is 6.92 Å². The Hall–Kier alpha value is -4.24. The van der Waals surface area contributed by atoms with Crippen molar-refractivity contribution in [3.8, 4) is 11.3 Å². The Labute approximate surface area is 220 Å². The number of rotatable bonds is 7. The second-order valence-electron chi connectivity index (χ2n) is 9.44. The van der Waals surface area contributed by atoms with E-state index in [1.165, 1.54) is 11.3 Å². The van der Waals surface area contributed by atoms with Crippen molar-refractivity contribution in [2.24, 2.45) is 0 Å². The van der Waals surface area contributed by atoms with E-state index in [1.54, 1.807) is 36.7 Å². The molecule has 4 rings (SSSR count). The van der Waals surface area contributed by atoms with Crippen molar-refractivity contribution < 1.29 is 14.3 Å². The van der Waals surface area contributed by atoms with E-state index in [-0.39, 0.29) is 5.91 Å². The zero-order valence-electron chi connectivity index (χ0n) is 21.2. The molecule has 3 N–H and O–H groups in total. The lowest BCUT2D eigenvalue weighted by atomic mass is 10.1. The molecule has 0 spiro atoms. The van der Waals surface area contributed by atoms with Gasteiger partial charge in [-0.3, -0.25) is 9.78 Å². The predicted octanol–water partition coefficient (Wildman–Crippen LogP) is 6.53. The molecule has 0 radical (unpaired) electrons. The summed E-state index contributed by atoms with van der Waals surface area (Å²) in [4.78, 5) is 33.5. The molecular formula is C28H29N5O3S. The lowest BCUT2D eigenvalue weighted by molar-refractivity contribution is 0.0523. The summed E-state index contributed by atoms with van der Waals surface area (Å²) in [7, 11) is 0. The molecule has 8 nitrogen and oxygen atoms in total. The molecule has 0 saturated heterocycles. The molecule has 0 bridgehead atoms.